The molecule has 0 aliphatic rings. The van der Waals surface area contributed by atoms with Gasteiger partial charge in [-0.3, -0.25) is 4.79 Å². The Bertz CT molecular complexity index is 706. The van der Waals surface area contributed by atoms with E-state index in [0.29, 0.717) is 10.8 Å². The van der Waals surface area contributed by atoms with Crippen LogP contribution in [0.3, 0.4) is 0 Å². The average molecular weight is 335 g/mol. The Hall–Kier alpha value is -2.60. The number of esters is 1. The zero-order valence-electron chi connectivity index (χ0n) is 12.4. The molecule has 2 aromatic rings. The lowest BCUT2D eigenvalue weighted by atomic mass is 10.2. The number of nitrogens with zero attached hydrogens (tertiary/aromatic N) is 1. The van der Waals surface area contributed by atoms with E-state index in [1.165, 1.54) is 18.3 Å². The summed E-state index contributed by atoms with van der Waals surface area (Å²) in [4.78, 5) is 27.3. The van der Waals surface area contributed by atoms with Crippen LogP contribution in [0, 0.1) is 0 Å². The second-order valence-corrected chi connectivity index (χ2v) is 4.96. The van der Waals surface area contributed by atoms with Crippen LogP contribution in [0.1, 0.15) is 16.1 Å². The number of ether oxygens (including phenoxy) is 2. The summed E-state index contributed by atoms with van der Waals surface area (Å²) in [5.74, 6) is -0.459. The topological polar surface area (TPSA) is 77.5 Å². The van der Waals surface area contributed by atoms with Gasteiger partial charge in [0.05, 0.1) is 7.11 Å². The molecule has 2 rings (SSSR count). The van der Waals surface area contributed by atoms with Gasteiger partial charge in [0, 0.05) is 23.3 Å². The summed E-state index contributed by atoms with van der Waals surface area (Å²) < 4.78 is 10.1. The van der Waals surface area contributed by atoms with E-state index in [1.54, 1.807) is 13.2 Å². The Kier molecular flexibility index (Phi) is 5.94. The van der Waals surface area contributed by atoms with Gasteiger partial charge in [0.1, 0.15) is 11.4 Å². The molecule has 0 fully saturated rings. The van der Waals surface area contributed by atoms with Crippen LogP contribution in [-0.4, -0.2) is 30.6 Å². The van der Waals surface area contributed by atoms with Crippen LogP contribution in [0.4, 0.5) is 0 Å². The summed E-state index contributed by atoms with van der Waals surface area (Å²) in [7, 11) is 1.56. The number of benzene rings is 1. The second kappa shape index (κ2) is 8.14. The number of rotatable bonds is 6. The largest absolute Gasteiger partial charge is 0.496 e. The number of hydrogen-bond acceptors (Lipinski definition) is 5. The number of methoxy groups -OCH3 is 1. The van der Waals surface area contributed by atoms with E-state index in [2.05, 4.69) is 10.3 Å². The normalized spacial score (nSPS) is 10.0. The summed E-state index contributed by atoms with van der Waals surface area (Å²) >= 11 is 5.76. The number of carbonyl (C=O) groups is 2. The van der Waals surface area contributed by atoms with Crippen LogP contribution in [0.25, 0.3) is 0 Å². The molecular formula is C16H15ClN2O4. The van der Waals surface area contributed by atoms with Crippen LogP contribution < -0.4 is 10.1 Å². The van der Waals surface area contributed by atoms with Gasteiger partial charge in [-0.2, -0.15) is 0 Å². The molecule has 0 bridgehead atoms. The molecule has 0 saturated carbocycles. The maximum Gasteiger partial charge on any atom is 0.357 e. The van der Waals surface area contributed by atoms with Crippen LogP contribution in [0.2, 0.25) is 5.02 Å². The fourth-order valence-corrected chi connectivity index (χ4v) is 1.97. The molecule has 0 aliphatic heterocycles. The fourth-order valence-electron chi connectivity index (χ4n) is 1.82. The van der Waals surface area contributed by atoms with Crippen molar-refractivity contribution in [1.82, 2.24) is 10.3 Å². The summed E-state index contributed by atoms with van der Waals surface area (Å²) in [5.41, 5.74) is 0.876. The van der Waals surface area contributed by atoms with E-state index in [0.717, 1.165) is 5.56 Å². The average Bonchev–Trinajstić information content (AvgIpc) is 2.58. The number of aromatic nitrogens is 1. The zero-order chi connectivity index (χ0) is 16.7. The van der Waals surface area contributed by atoms with Gasteiger partial charge >= 0.3 is 5.97 Å². The molecule has 1 aromatic carbocycles. The Morgan fingerprint density at radius 2 is 2.04 bits per heavy atom. The molecule has 0 aliphatic carbocycles. The first-order valence-electron chi connectivity index (χ1n) is 6.77. The van der Waals surface area contributed by atoms with E-state index >= 15 is 0 Å². The molecule has 1 heterocycles. The van der Waals surface area contributed by atoms with Crippen LogP contribution in [0.15, 0.2) is 42.6 Å². The second-order valence-electron chi connectivity index (χ2n) is 4.52. The highest BCUT2D eigenvalue weighted by Gasteiger charge is 2.12. The highest BCUT2D eigenvalue weighted by molar-refractivity contribution is 6.30. The molecule has 0 spiro atoms. The molecule has 0 radical (unpaired) electrons. The molecular weight excluding hydrogens is 320 g/mol. The molecule has 0 atom stereocenters. The van der Waals surface area contributed by atoms with Crippen molar-refractivity contribution in [1.29, 1.82) is 0 Å². The number of pyridine rings is 1. The maximum atomic E-state index is 11.7. The molecule has 6 nitrogen and oxygen atoms in total. The number of para-hydroxylation sites is 1. The van der Waals surface area contributed by atoms with E-state index in [-0.39, 0.29) is 12.2 Å². The minimum Gasteiger partial charge on any atom is -0.496 e. The van der Waals surface area contributed by atoms with Crippen molar-refractivity contribution in [2.75, 3.05) is 13.7 Å². The maximum absolute atomic E-state index is 11.7. The quantitative estimate of drug-likeness (QED) is 0.820. The third kappa shape index (κ3) is 4.96. The first-order valence-corrected chi connectivity index (χ1v) is 7.15. The predicted octanol–water partition coefficient (Wildman–Crippen LogP) is 2.22. The summed E-state index contributed by atoms with van der Waals surface area (Å²) in [6.45, 7) is -0.127. The lowest BCUT2D eigenvalue weighted by molar-refractivity contribution is -0.124. The smallest absolute Gasteiger partial charge is 0.357 e. The van der Waals surface area contributed by atoms with Crippen LogP contribution >= 0.6 is 11.6 Å². The SMILES string of the molecule is COc1ccccc1CNC(=O)COC(=O)c1cc(Cl)ccn1. The fraction of sp³-hybridized carbons (Fsp3) is 0.188. The molecule has 7 heteroatoms. The Labute approximate surface area is 138 Å². The van der Waals surface area contributed by atoms with E-state index in [1.807, 2.05) is 18.2 Å². The monoisotopic (exact) mass is 334 g/mol. The van der Waals surface area contributed by atoms with Crippen molar-refractivity contribution in [2.45, 2.75) is 6.54 Å². The molecule has 1 N–H and O–H groups in total. The van der Waals surface area contributed by atoms with Crippen LogP contribution in [0.5, 0.6) is 5.75 Å². The number of amides is 1. The number of hydrogen-bond donors (Lipinski definition) is 1. The minimum atomic E-state index is -0.708. The highest BCUT2D eigenvalue weighted by Crippen LogP contribution is 2.16. The van der Waals surface area contributed by atoms with Crippen molar-refractivity contribution >= 4 is 23.5 Å². The molecule has 0 unspecified atom stereocenters. The Balaban J connectivity index is 1.82. The van der Waals surface area contributed by atoms with Crippen molar-refractivity contribution in [3.05, 3.63) is 58.9 Å². The minimum absolute atomic E-state index is 0.0510. The lowest BCUT2D eigenvalue weighted by Gasteiger charge is -2.09. The van der Waals surface area contributed by atoms with Crippen molar-refractivity contribution in [3.63, 3.8) is 0 Å². The Morgan fingerprint density at radius 3 is 2.78 bits per heavy atom. The third-order valence-corrected chi connectivity index (χ3v) is 3.17. The molecule has 120 valence electrons. The Morgan fingerprint density at radius 1 is 1.26 bits per heavy atom. The number of nitrogens with one attached hydrogen (secondary N) is 1. The van der Waals surface area contributed by atoms with Gasteiger partial charge in [0.25, 0.3) is 5.91 Å². The molecule has 0 saturated heterocycles. The van der Waals surface area contributed by atoms with Crippen molar-refractivity contribution in [2.24, 2.45) is 0 Å². The summed E-state index contributed by atoms with van der Waals surface area (Å²) in [6.07, 6.45) is 1.39. The van der Waals surface area contributed by atoms with E-state index in [9.17, 15) is 9.59 Å². The summed E-state index contributed by atoms with van der Waals surface area (Å²) in [5, 5.41) is 3.02. The van der Waals surface area contributed by atoms with Gasteiger partial charge in [-0.25, -0.2) is 9.78 Å². The first-order chi connectivity index (χ1) is 11.1. The van der Waals surface area contributed by atoms with Gasteiger partial charge < -0.3 is 14.8 Å². The van der Waals surface area contributed by atoms with Crippen molar-refractivity contribution < 1.29 is 19.1 Å². The van der Waals surface area contributed by atoms with Gasteiger partial charge in [-0.15, -0.1) is 0 Å². The van der Waals surface area contributed by atoms with Crippen LogP contribution in [-0.2, 0) is 16.1 Å². The lowest BCUT2D eigenvalue weighted by Crippen LogP contribution is -2.28. The van der Waals surface area contributed by atoms with E-state index in [4.69, 9.17) is 21.1 Å². The van der Waals surface area contributed by atoms with E-state index < -0.39 is 18.5 Å². The van der Waals surface area contributed by atoms with Gasteiger partial charge in [0.2, 0.25) is 0 Å². The van der Waals surface area contributed by atoms with Crippen molar-refractivity contribution in [3.8, 4) is 5.75 Å². The molecule has 1 amide bonds. The number of carbonyl (C=O) groups excluding carboxylic acids is 2. The number of halogens is 1. The van der Waals surface area contributed by atoms with Gasteiger partial charge in [0.15, 0.2) is 6.61 Å². The van der Waals surface area contributed by atoms with Gasteiger partial charge in [-0.05, 0) is 18.2 Å². The highest BCUT2D eigenvalue weighted by atomic mass is 35.5. The van der Waals surface area contributed by atoms with Gasteiger partial charge in [-0.1, -0.05) is 29.8 Å². The zero-order valence-corrected chi connectivity index (χ0v) is 13.2. The predicted molar refractivity (Wildman–Crippen MR) is 84.4 cm³/mol. The summed E-state index contributed by atoms with van der Waals surface area (Å²) in [6, 6.07) is 10.2. The third-order valence-electron chi connectivity index (χ3n) is 2.93. The standard InChI is InChI=1S/C16H15ClN2O4/c1-22-14-5-3-2-4-11(14)9-19-15(20)10-23-16(21)13-8-12(17)6-7-18-13/h2-8H,9-10H2,1H3,(H,19,20). The molecule has 1 aromatic heterocycles. The molecule has 23 heavy (non-hydrogen) atoms. The first kappa shape index (κ1) is 16.8.